The molecule has 2 aromatic heterocycles. The molecule has 1 aliphatic heterocycles. The van der Waals surface area contributed by atoms with Crippen LogP contribution in [0, 0.1) is 0 Å². The van der Waals surface area contributed by atoms with E-state index in [1.54, 1.807) is 23.1 Å². The number of alkyl halides is 3. The average molecular weight is 475 g/mol. The molecule has 1 aromatic carbocycles. The number of likely N-dealkylation sites (tertiary alicyclic amines) is 1. The number of hydrogen-bond donors (Lipinski definition) is 2. The summed E-state index contributed by atoms with van der Waals surface area (Å²) in [7, 11) is 1.92. The Morgan fingerprint density at radius 2 is 2.06 bits per heavy atom. The van der Waals surface area contributed by atoms with Gasteiger partial charge in [-0.3, -0.25) is 14.5 Å². The SMILES string of the molecule is CCN(C(=O)[C@@H]1CCCN1C)c1ccc2nc(C(C(N)=O)c3nccc(C(F)(F)F)n3)[nH]c2c1. The molecular weight excluding hydrogens is 451 g/mol. The van der Waals surface area contributed by atoms with Gasteiger partial charge in [0.25, 0.3) is 0 Å². The number of aromatic amines is 1. The third kappa shape index (κ3) is 4.45. The first-order chi connectivity index (χ1) is 16.1. The Kier molecular flexibility index (Phi) is 6.26. The van der Waals surface area contributed by atoms with Crippen molar-refractivity contribution in [2.75, 3.05) is 25.0 Å². The second kappa shape index (κ2) is 9.01. The molecular formula is C22H24F3N7O2. The number of hydrogen-bond acceptors (Lipinski definition) is 6. The lowest BCUT2D eigenvalue weighted by Crippen LogP contribution is -2.44. The zero-order valence-corrected chi connectivity index (χ0v) is 18.6. The van der Waals surface area contributed by atoms with Crippen molar-refractivity contribution < 1.29 is 22.8 Å². The fraction of sp³-hybridized carbons (Fsp3) is 0.409. The smallest absolute Gasteiger partial charge is 0.369 e. The van der Waals surface area contributed by atoms with Gasteiger partial charge >= 0.3 is 6.18 Å². The number of aromatic nitrogens is 4. The number of benzene rings is 1. The molecule has 1 saturated heterocycles. The number of nitrogens with two attached hydrogens (primary N) is 1. The van der Waals surface area contributed by atoms with Crippen molar-refractivity contribution in [1.82, 2.24) is 24.8 Å². The Hall–Kier alpha value is -3.54. The summed E-state index contributed by atoms with van der Waals surface area (Å²) in [5, 5.41) is 0. The van der Waals surface area contributed by atoms with E-state index < -0.39 is 29.5 Å². The highest BCUT2D eigenvalue weighted by molar-refractivity contribution is 5.98. The number of carbonyl (C=O) groups is 2. The number of primary amides is 1. The monoisotopic (exact) mass is 475 g/mol. The highest BCUT2D eigenvalue weighted by Crippen LogP contribution is 2.30. The van der Waals surface area contributed by atoms with Crippen LogP contribution in [0.4, 0.5) is 18.9 Å². The summed E-state index contributed by atoms with van der Waals surface area (Å²) in [6, 6.07) is 5.65. The van der Waals surface area contributed by atoms with Crippen LogP contribution in [0.15, 0.2) is 30.5 Å². The number of rotatable bonds is 6. The van der Waals surface area contributed by atoms with Gasteiger partial charge in [-0.15, -0.1) is 0 Å². The van der Waals surface area contributed by atoms with Crippen LogP contribution in [0.5, 0.6) is 0 Å². The first-order valence-corrected chi connectivity index (χ1v) is 10.8. The van der Waals surface area contributed by atoms with E-state index in [0.29, 0.717) is 29.3 Å². The topological polar surface area (TPSA) is 121 Å². The molecule has 0 spiro atoms. The molecule has 12 heteroatoms. The Bertz CT molecular complexity index is 1230. The molecule has 2 atom stereocenters. The summed E-state index contributed by atoms with van der Waals surface area (Å²) >= 11 is 0. The van der Waals surface area contributed by atoms with Gasteiger partial charge in [0.05, 0.1) is 17.1 Å². The van der Waals surface area contributed by atoms with E-state index in [-0.39, 0.29) is 17.8 Å². The fourth-order valence-electron chi connectivity index (χ4n) is 4.24. The van der Waals surface area contributed by atoms with Crippen molar-refractivity contribution >= 4 is 28.5 Å². The van der Waals surface area contributed by atoms with E-state index in [1.165, 1.54) is 0 Å². The van der Waals surface area contributed by atoms with E-state index in [2.05, 4.69) is 19.9 Å². The first kappa shape index (κ1) is 23.6. The molecule has 3 N–H and O–H groups in total. The highest BCUT2D eigenvalue weighted by atomic mass is 19.4. The standard InChI is InChI=1S/C22H24F3N7O2/c1-3-32(21(34)15-5-4-10-31(15)2)12-6-7-13-14(11-12)29-20(28-13)17(18(26)33)19-27-9-8-16(30-19)22(23,24)25/h6-9,11,15,17H,3-5,10H2,1-2H3,(H2,26,33)(H,28,29)/t15-,17?/m0/s1. The molecule has 0 radical (unpaired) electrons. The number of likely N-dealkylation sites (N-methyl/N-ethyl adjacent to an activating group) is 2. The van der Waals surface area contributed by atoms with Gasteiger partial charge in [-0.1, -0.05) is 0 Å². The number of halogens is 3. The van der Waals surface area contributed by atoms with Crippen molar-refractivity contribution in [2.24, 2.45) is 5.73 Å². The molecule has 4 rings (SSSR count). The number of H-pyrrole nitrogens is 1. The third-order valence-corrected chi connectivity index (χ3v) is 5.96. The molecule has 0 aliphatic carbocycles. The lowest BCUT2D eigenvalue weighted by atomic mass is 10.1. The van der Waals surface area contributed by atoms with Gasteiger partial charge in [0.15, 0.2) is 5.92 Å². The van der Waals surface area contributed by atoms with Gasteiger partial charge < -0.3 is 15.6 Å². The number of imidazole rings is 1. The predicted molar refractivity (Wildman–Crippen MR) is 118 cm³/mol. The molecule has 2 amide bonds. The van der Waals surface area contributed by atoms with Crippen LogP contribution >= 0.6 is 0 Å². The van der Waals surface area contributed by atoms with Crippen LogP contribution in [0.3, 0.4) is 0 Å². The maximum absolute atomic E-state index is 13.1. The lowest BCUT2D eigenvalue weighted by Gasteiger charge is -2.27. The van der Waals surface area contributed by atoms with Gasteiger partial charge in [-0.05, 0) is 57.6 Å². The number of fused-ring (bicyclic) bond motifs is 1. The van der Waals surface area contributed by atoms with Crippen LogP contribution in [0.2, 0.25) is 0 Å². The Morgan fingerprint density at radius 1 is 1.29 bits per heavy atom. The summed E-state index contributed by atoms with van der Waals surface area (Å²) in [5.74, 6) is -2.75. The molecule has 0 bridgehead atoms. The number of nitrogens with zero attached hydrogens (tertiary/aromatic N) is 5. The number of nitrogens with one attached hydrogen (secondary N) is 1. The van der Waals surface area contributed by atoms with Crippen molar-refractivity contribution in [3.8, 4) is 0 Å². The number of amides is 2. The van der Waals surface area contributed by atoms with Crippen molar-refractivity contribution in [3.05, 3.63) is 47.8 Å². The van der Waals surface area contributed by atoms with Crippen molar-refractivity contribution in [2.45, 2.75) is 37.9 Å². The van der Waals surface area contributed by atoms with Gasteiger partial charge in [0, 0.05) is 18.4 Å². The van der Waals surface area contributed by atoms with Gasteiger partial charge in [0.2, 0.25) is 11.8 Å². The van der Waals surface area contributed by atoms with Gasteiger partial charge in [-0.25, -0.2) is 15.0 Å². The largest absolute Gasteiger partial charge is 0.433 e. The Labute approximate surface area is 193 Å². The van der Waals surface area contributed by atoms with Crippen LogP contribution in [-0.2, 0) is 15.8 Å². The van der Waals surface area contributed by atoms with Crippen LogP contribution < -0.4 is 10.6 Å². The van der Waals surface area contributed by atoms with E-state index >= 15 is 0 Å². The first-order valence-electron chi connectivity index (χ1n) is 10.8. The molecule has 1 unspecified atom stereocenters. The van der Waals surface area contributed by atoms with Gasteiger partial charge in [0.1, 0.15) is 17.3 Å². The molecule has 34 heavy (non-hydrogen) atoms. The van der Waals surface area contributed by atoms with E-state index in [0.717, 1.165) is 25.6 Å². The van der Waals surface area contributed by atoms with Gasteiger partial charge in [-0.2, -0.15) is 13.2 Å². The third-order valence-electron chi connectivity index (χ3n) is 5.96. The molecule has 9 nitrogen and oxygen atoms in total. The highest BCUT2D eigenvalue weighted by Gasteiger charge is 2.35. The molecule has 3 heterocycles. The lowest BCUT2D eigenvalue weighted by molar-refractivity contribution is -0.141. The number of carbonyl (C=O) groups excluding carboxylic acids is 2. The summed E-state index contributed by atoms with van der Waals surface area (Å²) in [6.45, 7) is 3.20. The van der Waals surface area contributed by atoms with Crippen LogP contribution in [0.1, 0.15) is 43.0 Å². The summed E-state index contributed by atoms with van der Waals surface area (Å²) in [5.41, 5.74) is 5.90. The molecule has 1 fully saturated rings. The molecule has 1 aliphatic rings. The van der Waals surface area contributed by atoms with Crippen LogP contribution in [0.25, 0.3) is 11.0 Å². The maximum atomic E-state index is 13.1. The average Bonchev–Trinajstić information content (AvgIpc) is 3.39. The minimum absolute atomic E-state index is 0.00559. The quantitative estimate of drug-likeness (QED) is 0.565. The van der Waals surface area contributed by atoms with Crippen LogP contribution in [-0.4, -0.2) is 62.8 Å². The predicted octanol–water partition coefficient (Wildman–Crippen LogP) is 2.44. The Morgan fingerprint density at radius 3 is 2.68 bits per heavy atom. The second-order valence-electron chi connectivity index (χ2n) is 8.18. The van der Waals surface area contributed by atoms with E-state index in [9.17, 15) is 22.8 Å². The van der Waals surface area contributed by atoms with Crippen molar-refractivity contribution in [1.29, 1.82) is 0 Å². The van der Waals surface area contributed by atoms with Crippen molar-refractivity contribution in [3.63, 3.8) is 0 Å². The molecule has 180 valence electrons. The fourth-order valence-corrected chi connectivity index (χ4v) is 4.24. The van der Waals surface area contributed by atoms with E-state index in [1.807, 2.05) is 18.9 Å². The Balaban J connectivity index is 1.69. The summed E-state index contributed by atoms with van der Waals surface area (Å²) in [4.78, 5) is 43.6. The summed E-state index contributed by atoms with van der Waals surface area (Å²) in [6.07, 6.45) is -2.03. The van der Waals surface area contributed by atoms with E-state index in [4.69, 9.17) is 5.73 Å². The minimum atomic E-state index is -4.70. The normalized spacial score (nSPS) is 17.7. The minimum Gasteiger partial charge on any atom is -0.369 e. The summed E-state index contributed by atoms with van der Waals surface area (Å²) < 4.78 is 39.3. The zero-order chi connectivity index (χ0) is 24.6. The molecule has 0 saturated carbocycles. The number of anilines is 1. The zero-order valence-electron chi connectivity index (χ0n) is 18.6. The second-order valence-corrected chi connectivity index (χ2v) is 8.18. The molecule has 3 aromatic rings. The maximum Gasteiger partial charge on any atom is 0.433 e.